The summed E-state index contributed by atoms with van der Waals surface area (Å²) in [6.45, 7) is 2.31. The molecule has 0 bridgehead atoms. The predicted molar refractivity (Wildman–Crippen MR) is 53.5 cm³/mol. The van der Waals surface area contributed by atoms with Crippen LogP contribution in [0.25, 0.3) is 0 Å². The minimum atomic E-state index is -4.33. The SMILES string of the molecule is CC(NC(=O)NCCC(F)(F)F)C(C)C(=O)O. The summed E-state index contributed by atoms with van der Waals surface area (Å²) in [5.74, 6) is -1.91. The van der Waals surface area contributed by atoms with Crippen molar-refractivity contribution in [1.82, 2.24) is 10.6 Å². The maximum Gasteiger partial charge on any atom is 0.390 e. The Balaban J connectivity index is 3.91. The smallest absolute Gasteiger partial charge is 0.390 e. The number of carboxylic acids is 1. The van der Waals surface area contributed by atoms with Crippen molar-refractivity contribution in [3.8, 4) is 0 Å². The van der Waals surface area contributed by atoms with Crippen LogP contribution in [-0.2, 0) is 4.79 Å². The maximum atomic E-state index is 11.8. The molecule has 8 heteroatoms. The van der Waals surface area contributed by atoms with Crippen LogP contribution in [0.3, 0.4) is 0 Å². The van der Waals surface area contributed by atoms with Gasteiger partial charge in [-0.25, -0.2) is 4.79 Å². The fourth-order valence-electron chi connectivity index (χ4n) is 0.914. The van der Waals surface area contributed by atoms with Crippen molar-refractivity contribution in [2.45, 2.75) is 32.5 Å². The number of hydrogen-bond donors (Lipinski definition) is 3. The van der Waals surface area contributed by atoms with Crippen LogP contribution in [0.1, 0.15) is 20.3 Å². The van der Waals surface area contributed by atoms with Crippen LogP contribution < -0.4 is 10.6 Å². The van der Waals surface area contributed by atoms with Gasteiger partial charge >= 0.3 is 18.2 Å². The van der Waals surface area contributed by atoms with Crippen LogP contribution in [0.5, 0.6) is 0 Å². The summed E-state index contributed by atoms with van der Waals surface area (Å²) >= 11 is 0. The molecule has 0 saturated carbocycles. The number of rotatable bonds is 5. The summed E-state index contributed by atoms with van der Waals surface area (Å²) in [4.78, 5) is 21.6. The highest BCUT2D eigenvalue weighted by molar-refractivity contribution is 5.76. The van der Waals surface area contributed by atoms with E-state index in [1.54, 1.807) is 0 Å². The zero-order valence-electron chi connectivity index (χ0n) is 9.47. The topological polar surface area (TPSA) is 78.4 Å². The highest BCUT2D eigenvalue weighted by atomic mass is 19.4. The van der Waals surface area contributed by atoms with E-state index < -0.39 is 43.1 Å². The highest BCUT2D eigenvalue weighted by Crippen LogP contribution is 2.18. The monoisotopic (exact) mass is 256 g/mol. The molecule has 0 aromatic heterocycles. The van der Waals surface area contributed by atoms with Gasteiger partial charge in [0, 0.05) is 12.6 Å². The molecule has 0 aliphatic carbocycles. The van der Waals surface area contributed by atoms with Gasteiger partial charge in [0.05, 0.1) is 12.3 Å². The van der Waals surface area contributed by atoms with Gasteiger partial charge in [-0.3, -0.25) is 4.79 Å². The van der Waals surface area contributed by atoms with Crippen molar-refractivity contribution in [1.29, 1.82) is 0 Å². The first kappa shape index (κ1) is 15.5. The van der Waals surface area contributed by atoms with Crippen LogP contribution in [0, 0.1) is 5.92 Å². The molecular formula is C9H15F3N2O3. The fourth-order valence-corrected chi connectivity index (χ4v) is 0.914. The van der Waals surface area contributed by atoms with Crippen molar-refractivity contribution >= 4 is 12.0 Å². The Morgan fingerprint density at radius 3 is 2.24 bits per heavy atom. The molecule has 2 amide bonds. The number of amides is 2. The van der Waals surface area contributed by atoms with Gasteiger partial charge in [-0.1, -0.05) is 0 Å². The van der Waals surface area contributed by atoms with Gasteiger partial charge in [-0.15, -0.1) is 0 Å². The number of carbonyl (C=O) groups is 2. The second-order valence-electron chi connectivity index (χ2n) is 3.68. The van der Waals surface area contributed by atoms with Crippen LogP contribution in [0.4, 0.5) is 18.0 Å². The standard InChI is InChI=1S/C9H15F3N2O3/c1-5(7(15)16)6(2)14-8(17)13-4-3-9(10,11)12/h5-6H,3-4H2,1-2H3,(H,15,16)(H2,13,14,17). The van der Waals surface area contributed by atoms with Gasteiger partial charge in [0.1, 0.15) is 0 Å². The number of alkyl halides is 3. The molecule has 3 N–H and O–H groups in total. The van der Waals surface area contributed by atoms with Crippen LogP contribution in [0.15, 0.2) is 0 Å². The average molecular weight is 256 g/mol. The Morgan fingerprint density at radius 2 is 1.82 bits per heavy atom. The van der Waals surface area contributed by atoms with E-state index in [1.165, 1.54) is 13.8 Å². The molecule has 0 fully saturated rings. The Morgan fingerprint density at radius 1 is 1.29 bits per heavy atom. The molecule has 0 aromatic rings. The van der Waals surface area contributed by atoms with Crippen LogP contribution in [0.2, 0.25) is 0 Å². The second-order valence-corrected chi connectivity index (χ2v) is 3.68. The Hall–Kier alpha value is -1.47. The van der Waals surface area contributed by atoms with Crippen LogP contribution in [-0.4, -0.2) is 35.9 Å². The van der Waals surface area contributed by atoms with Crippen molar-refractivity contribution in [2.75, 3.05) is 6.54 Å². The summed E-state index contributed by atoms with van der Waals surface area (Å²) in [5.41, 5.74) is 0. The lowest BCUT2D eigenvalue weighted by molar-refractivity contribution is -0.141. The molecule has 0 aromatic carbocycles. The molecule has 100 valence electrons. The number of nitrogens with one attached hydrogen (secondary N) is 2. The van der Waals surface area contributed by atoms with Crippen LogP contribution >= 0.6 is 0 Å². The Kier molecular flexibility index (Phi) is 5.77. The zero-order chi connectivity index (χ0) is 13.6. The summed E-state index contributed by atoms with van der Waals surface area (Å²) in [7, 11) is 0. The minimum Gasteiger partial charge on any atom is -0.481 e. The van der Waals surface area contributed by atoms with Crippen molar-refractivity contribution < 1.29 is 27.9 Å². The average Bonchev–Trinajstić information content (AvgIpc) is 2.13. The second kappa shape index (κ2) is 6.31. The maximum absolute atomic E-state index is 11.8. The lowest BCUT2D eigenvalue weighted by atomic mass is 10.0. The number of carboxylic acid groups (broad SMARTS) is 1. The molecule has 0 aliphatic heterocycles. The molecular weight excluding hydrogens is 241 g/mol. The molecule has 0 radical (unpaired) electrons. The number of halogens is 3. The normalized spacial score (nSPS) is 14.9. The molecule has 2 atom stereocenters. The van der Waals surface area contributed by atoms with Crippen molar-refractivity contribution in [2.24, 2.45) is 5.92 Å². The van der Waals surface area contributed by atoms with E-state index in [9.17, 15) is 22.8 Å². The summed E-state index contributed by atoms with van der Waals surface area (Å²) in [6.07, 6.45) is -5.45. The van der Waals surface area contributed by atoms with E-state index in [-0.39, 0.29) is 0 Å². The Bertz CT molecular complexity index is 281. The van der Waals surface area contributed by atoms with E-state index in [2.05, 4.69) is 5.32 Å². The van der Waals surface area contributed by atoms with Crippen molar-refractivity contribution in [3.05, 3.63) is 0 Å². The van der Waals surface area contributed by atoms with Gasteiger partial charge in [-0.2, -0.15) is 13.2 Å². The van der Waals surface area contributed by atoms with E-state index >= 15 is 0 Å². The van der Waals surface area contributed by atoms with Crippen molar-refractivity contribution in [3.63, 3.8) is 0 Å². The van der Waals surface area contributed by atoms with E-state index in [1.807, 2.05) is 5.32 Å². The van der Waals surface area contributed by atoms with E-state index in [0.717, 1.165) is 0 Å². The quantitative estimate of drug-likeness (QED) is 0.694. The Labute approximate surface area is 96.4 Å². The minimum absolute atomic E-state index is 0.538. The predicted octanol–water partition coefficient (Wildman–Crippen LogP) is 1.35. The molecule has 2 unspecified atom stereocenters. The van der Waals surface area contributed by atoms with E-state index in [4.69, 9.17) is 5.11 Å². The van der Waals surface area contributed by atoms with Gasteiger partial charge in [0.2, 0.25) is 0 Å². The van der Waals surface area contributed by atoms with Gasteiger partial charge < -0.3 is 15.7 Å². The summed E-state index contributed by atoms with van der Waals surface area (Å²) < 4.78 is 35.3. The lowest BCUT2D eigenvalue weighted by Crippen LogP contribution is -2.45. The number of hydrogen-bond acceptors (Lipinski definition) is 2. The van der Waals surface area contributed by atoms with E-state index in [0.29, 0.717) is 0 Å². The first-order valence-electron chi connectivity index (χ1n) is 4.97. The highest BCUT2D eigenvalue weighted by Gasteiger charge is 2.27. The number of aliphatic carboxylic acids is 1. The molecule has 5 nitrogen and oxygen atoms in total. The summed E-state index contributed by atoms with van der Waals surface area (Å²) in [5, 5.41) is 12.9. The molecule has 0 spiro atoms. The molecule has 0 saturated heterocycles. The number of carbonyl (C=O) groups excluding carboxylic acids is 1. The van der Waals surface area contributed by atoms with Gasteiger partial charge in [-0.05, 0) is 13.8 Å². The number of urea groups is 1. The molecule has 0 heterocycles. The molecule has 0 aliphatic rings. The first-order valence-corrected chi connectivity index (χ1v) is 4.97. The molecule has 17 heavy (non-hydrogen) atoms. The third-order valence-electron chi connectivity index (χ3n) is 2.19. The first-order chi connectivity index (χ1) is 7.63. The third kappa shape index (κ3) is 7.42. The van der Waals surface area contributed by atoms with Gasteiger partial charge in [0.15, 0.2) is 0 Å². The largest absolute Gasteiger partial charge is 0.481 e. The lowest BCUT2D eigenvalue weighted by Gasteiger charge is -2.18. The third-order valence-corrected chi connectivity index (χ3v) is 2.19. The zero-order valence-corrected chi connectivity index (χ0v) is 9.47. The molecule has 0 rings (SSSR count). The summed E-state index contributed by atoms with van der Waals surface area (Å²) in [6, 6.07) is -1.48. The van der Waals surface area contributed by atoms with Gasteiger partial charge in [0.25, 0.3) is 0 Å². The fraction of sp³-hybridized carbons (Fsp3) is 0.778.